The van der Waals surface area contributed by atoms with Crippen LogP contribution in [0.15, 0.2) is 42.5 Å². The molecule has 21 heavy (non-hydrogen) atoms. The molecule has 0 fully saturated rings. The highest BCUT2D eigenvalue weighted by Crippen LogP contribution is 2.33. The van der Waals surface area contributed by atoms with Gasteiger partial charge < -0.3 is 9.84 Å². The van der Waals surface area contributed by atoms with Gasteiger partial charge in [-0.2, -0.15) is 0 Å². The van der Waals surface area contributed by atoms with Crippen LogP contribution in [-0.2, 0) is 19.3 Å². The standard InChI is InChI=1S/C19H22O2/c1-14-7-8-18(21-2)17(11-14)13-19(20)10-9-15-5-3-4-6-16(15)12-19/h3-8,11,20H,9-10,12-13H2,1-2H3. The summed E-state index contributed by atoms with van der Waals surface area (Å²) in [6, 6.07) is 14.6. The zero-order valence-corrected chi connectivity index (χ0v) is 12.7. The average Bonchev–Trinajstić information content (AvgIpc) is 2.47. The first-order chi connectivity index (χ1) is 10.1. The lowest BCUT2D eigenvalue weighted by Gasteiger charge is -2.34. The quantitative estimate of drug-likeness (QED) is 0.934. The van der Waals surface area contributed by atoms with Gasteiger partial charge in [0.25, 0.3) is 0 Å². The summed E-state index contributed by atoms with van der Waals surface area (Å²) in [6.45, 7) is 2.07. The maximum Gasteiger partial charge on any atom is 0.122 e. The van der Waals surface area contributed by atoms with Crippen LogP contribution >= 0.6 is 0 Å². The number of aliphatic hydroxyl groups is 1. The number of ether oxygens (including phenoxy) is 1. The molecule has 2 heteroatoms. The van der Waals surface area contributed by atoms with Crippen LogP contribution < -0.4 is 4.74 Å². The Balaban J connectivity index is 1.87. The van der Waals surface area contributed by atoms with E-state index < -0.39 is 5.60 Å². The van der Waals surface area contributed by atoms with E-state index in [1.807, 2.05) is 12.1 Å². The van der Waals surface area contributed by atoms with Gasteiger partial charge >= 0.3 is 0 Å². The van der Waals surface area contributed by atoms with Crippen molar-refractivity contribution in [3.05, 3.63) is 64.7 Å². The molecule has 2 aromatic carbocycles. The molecule has 0 radical (unpaired) electrons. The van der Waals surface area contributed by atoms with Gasteiger partial charge in [0, 0.05) is 12.8 Å². The Labute approximate surface area is 126 Å². The molecule has 0 saturated heterocycles. The van der Waals surface area contributed by atoms with Gasteiger partial charge in [0.2, 0.25) is 0 Å². The van der Waals surface area contributed by atoms with Gasteiger partial charge in [-0.1, -0.05) is 42.0 Å². The van der Waals surface area contributed by atoms with Gasteiger partial charge in [-0.3, -0.25) is 0 Å². The summed E-state index contributed by atoms with van der Waals surface area (Å²) < 4.78 is 5.45. The third-order valence-corrected chi connectivity index (χ3v) is 4.45. The third kappa shape index (κ3) is 2.96. The topological polar surface area (TPSA) is 29.5 Å². The molecule has 0 aromatic heterocycles. The van der Waals surface area contributed by atoms with Crippen LogP contribution in [0.1, 0.15) is 28.7 Å². The Kier molecular flexibility index (Phi) is 3.73. The first kappa shape index (κ1) is 14.2. The van der Waals surface area contributed by atoms with Gasteiger partial charge in [0.05, 0.1) is 12.7 Å². The summed E-state index contributed by atoms with van der Waals surface area (Å²) in [7, 11) is 1.69. The third-order valence-electron chi connectivity index (χ3n) is 4.45. The minimum atomic E-state index is -0.671. The molecule has 110 valence electrons. The first-order valence-electron chi connectivity index (χ1n) is 7.52. The molecule has 2 nitrogen and oxygen atoms in total. The van der Waals surface area contributed by atoms with Gasteiger partial charge in [-0.15, -0.1) is 0 Å². The number of rotatable bonds is 3. The van der Waals surface area contributed by atoms with Crippen LogP contribution in [0.25, 0.3) is 0 Å². The summed E-state index contributed by atoms with van der Waals surface area (Å²) in [6.07, 6.45) is 3.12. The van der Waals surface area contributed by atoms with Gasteiger partial charge in [-0.25, -0.2) is 0 Å². The lowest BCUT2D eigenvalue weighted by molar-refractivity contribution is 0.0262. The van der Waals surface area contributed by atoms with E-state index in [1.165, 1.54) is 16.7 Å². The molecule has 0 bridgehead atoms. The predicted molar refractivity (Wildman–Crippen MR) is 84.9 cm³/mol. The summed E-state index contributed by atoms with van der Waals surface area (Å²) in [5, 5.41) is 11.0. The zero-order valence-electron chi connectivity index (χ0n) is 12.7. The molecular formula is C19H22O2. The van der Waals surface area contributed by atoms with E-state index in [0.717, 1.165) is 30.6 Å². The predicted octanol–water partition coefficient (Wildman–Crippen LogP) is 3.47. The SMILES string of the molecule is COc1ccc(C)cc1CC1(O)CCc2ccccc2C1. The molecule has 1 N–H and O–H groups in total. The van der Waals surface area contributed by atoms with Crippen molar-refractivity contribution in [2.45, 2.75) is 38.2 Å². The summed E-state index contributed by atoms with van der Waals surface area (Å²) in [5.74, 6) is 0.868. The number of fused-ring (bicyclic) bond motifs is 1. The molecule has 0 heterocycles. The maximum absolute atomic E-state index is 11.0. The van der Waals surface area contributed by atoms with E-state index >= 15 is 0 Å². The molecule has 0 saturated carbocycles. The fourth-order valence-corrected chi connectivity index (χ4v) is 3.34. The highest BCUT2D eigenvalue weighted by molar-refractivity contribution is 5.39. The van der Waals surface area contributed by atoms with Crippen LogP contribution in [0.5, 0.6) is 5.75 Å². The van der Waals surface area contributed by atoms with Gasteiger partial charge in [0.15, 0.2) is 0 Å². The monoisotopic (exact) mass is 282 g/mol. The molecule has 1 aliphatic carbocycles. The van der Waals surface area contributed by atoms with Gasteiger partial charge in [0.1, 0.15) is 5.75 Å². The first-order valence-corrected chi connectivity index (χ1v) is 7.52. The lowest BCUT2D eigenvalue weighted by Crippen LogP contribution is -2.38. The Morgan fingerprint density at radius 1 is 1.14 bits per heavy atom. The molecule has 1 aliphatic rings. The number of benzene rings is 2. The van der Waals surface area contributed by atoms with Crippen molar-refractivity contribution in [2.75, 3.05) is 7.11 Å². The van der Waals surface area contributed by atoms with Crippen molar-refractivity contribution >= 4 is 0 Å². The van der Waals surface area contributed by atoms with E-state index in [9.17, 15) is 5.11 Å². The van der Waals surface area contributed by atoms with Crippen molar-refractivity contribution in [2.24, 2.45) is 0 Å². The normalized spacial score (nSPS) is 20.9. The van der Waals surface area contributed by atoms with Crippen LogP contribution in [0, 0.1) is 6.92 Å². The molecule has 2 aromatic rings. The summed E-state index contributed by atoms with van der Waals surface area (Å²) in [4.78, 5) is 0. The van der Waals surface area contributed by atoms with E-state index in [4.69, 9.17) is 4.74 Å². The van der Waals surface area contributed by atoms with Crippen LogP contribution in [0.2, 0.25) is 0 Å². The van der Waals surface area contributed by atoms with Crippen molar-refractivity contribution in [3.8, 4) is 5.75 Å². The summed E-state index contributed by atoms with van der Waals surface area (Å²) in [5.41, 5.74) is 4.27. The zero-order chi connectivity index (χ0) is 14.9. The number of methoxy groups -OCH3 is 1. The second kappa shape index (κ2) is 5.53. The molecule has 1 atom stereocenters. The summed E-state index contributed by atoms with van der Waals surface area (Å²) >= 11 is 0. The van der Waals surface area contributed by atoms with Crippen LogP contribution in [0.3, 0.4) is 0 Å². The molecule has 0 aliphatic heterocycles. The number of aryl methyl sites for hydroxylation is 2. The van der Waals surface area contributed by atoms with E-state index in [1.54, 1.807) is 7.11 Å². The Morgan fingerprint density at radius 3 is 2.67 bits per heavy atom. The Morgan fingerprint density at radius 2 is 1.90 bits per heavy atom. The van der Waals surface area contributed by atoms with Crippen LogP contribution in [0.4, 0.5) is 0 Å². The smallest absolute Gasteiger partial charge is 0.122 e. The van der Waals surface area contributed by atoms with Crippen molar-refractivity contribution < 1.29 is 9.84 Å². The lowest BCUT2D eigenvalue weighted by atomic mass is 9.77. The second-order valence-electron chi connectivity index (χ2n) is 6.16. The van der Waals surface area contributed by atoms with E-state index in [2.05, 4.69) is 37.3 Å². The van der Waals surface area contributed by atoms with Gasteiger partial charge in [-0.05, 0) is 42.5 Å². The van der Waals surface area contributed by atoms with Crippen molar-refractivity contribution in [1.29, 1.82) is 0 Å². The average molecular weight is 282 g/mol. The molecule has 0 amide bonds. The molecule has 1 unspecified atom stereocenters. The molecule has 3 rings (SSSR count). The fourth-order valence-electron chi connectivity index (χ4n) is 3.34. The molecular weight excluding hydrogens is 260 g/mol. The highest BCUT2D eigenvalue weighted by atomic mass is 16.5. The Bertz CT molecular complexity index is 648. The number of hydrogen-bond donors (Lipinski definition) is 1. The highest BCUT2D eigenvalue weighted by Gasteiger charge is 2.32. The second-order valence-corrected chi connectivity index (χ2v) is 6.16. The maximum atomic E-state index is 11.0. The Hall–Kier alpha value is -1.80. The van der Waals surface area contributed by atoms with Crippen molar-refractivity contribution in [1.82, 2.24) is 0 Å². The largest absolute Gasteiger partial charge is 0.496 e. The van der Waals surface area contributed by atoms with Crippen LogP contribution in [-0.4, -0.2) is 17.8 Å². The van der Waals surface area contributed by atoms with Crippen molar-refractivity contribution in [3.63, 3.8) is 0 Å². The van der Waals surface area contributed by atoms with E-state index in [-0.39, 0.29) is 0 Å². The fraction of sp³-hybridized carbons (Fsp3) is 0.368. The number of hydrogen-bond acceptors (Lipinski definition) is 2. The minimum Gasteiger partial charge on any atom is -0.496 e. The minimum absolute atomic E-state index is 0.645. The van der Waals surface area contributed by atoms with E-state index in [0.29, 0.717) is 6.42 Å². The molecule has 0 spiro atoms.